The second-order valence-electron chi connectivity index (χ2n) is 5.28. The third kappa shape index (κ3) is 2.97. The van der Waals surface area contributed by atoms with Crippen molar-refractivity contribution in [1.29, 1.82) is 0 Å². The Balaban J connectivity index is 2.47. The molecule has 0 aromatic carbocycles. The normalized spacial score (nSPS) is 18.6. The zero-order valence-corrected chi connectivity index (χ0v) is 13.2. The monoisotopic (exact) mass is 316 g/mol. The van der Waals surface area contributed by atoms with Crippen LogP contribution in [0.15, 0.2) is 9.31 Å². The summed E-state index contributed by atoms with van der Waals surface area (Å²) in [4.78, 5) is 13.2. The van der Waals surface area contributed by atoms with Gasteiger partial charge < -0.3 is 14.4 Å². The number of nitrogens with zero attached hydrogens (tertiary/aromatic N) is 2. The van der Waals surface area contributed by atoms with E-state index in [-0.39, 0.29) is 22.0 Å². The molecule has 1 aliphatic rings. The van der Waals surface area contributed by atoms with Crippen LogP contribution in [-0.4, -0.2) is 61.9 Å². The highest BCUT2D eigenvalue weighted by Gasteiger charge is 2.35. The van der Waals surface area contributed by atoms with Crippen LogP contribution in [0.2, 0.25) is 0 Å². The molecule has 7 nitrogen and oxygen atoms in total. The maximum absolute atomic E-state index is 12.8. The summed E-state index contributed by atoms with van der Waals surface area (Å²) in [6, 6.07) is 0. The van der Waals surface area contributed by atoms with Crippen molar-refractivity contribution in [3.63, 3.8) is 0 Å². The minimum atomic E-state index is -3.86. The zero-order chi connectivity index (χ0) is 15.8. The molecule has 0 amide bonds. The van der Waals surface area contributed by atoms with Crippen LogP contribution in [0.4, 0.5) is 0 Å². The number of carboxylic acids is 1. The molecular weight excluding hydrogens is 296 g/mol. The van der Waals surface area contributed by atoms with E-state index in [0.717, 1.165) is 6.54 Å². The second kappa shape index (κ2) is 5.78. The number of aryl methyl sites for hydroxylation is 2. The molecule has 21 heavy (non-hydrogen) atoms. The summed E-state index contributed by atoms with van der Waals surface area (Å²) < 4.78 is 32.2. The molecule has 0 saturated carbocycles. The number of carboxylic acid groups (broad SMARTS) is 1. The number of furan rings is 1. The second-order valence-corrected chi connectivity index (χ2v) is 7.16. The molecular formula is C13H20N2O5S. The predicted octanol–water partition coefficient (Wildman–Crippen LogP) is 0.921. The summed E-state index contributed by atoms with van der Waals surface area (Å²) in [6.07, 6.45) is 0.716. The fourth-order valence-electron chi connectivity index (χ4n) is 2.61. The number of rotatable bonds is 3. The van der Waals surface area contributed by atoms with E-state index in [1.165, 1.54) is 18.2 Å². The Bertz CT molecular complexity index is 650. The van der Waals surface area contributed by atoms with Crippen molar-refractivity contribution in [3.8, 4) is 0 Å². The molecule has 0 atom stereocenters. The molecule has 1 fully saturated rings. The first-order valence-electron chi connectivity index (χ1n) is 6.77. The lowest BCUT2D eigenvalue weighted by Gasteiger charge is -2.20. The Labute approximate surface area is 124 Å². The number of aromatic carboxylic acids is 1. The molecule has 2 heterocycles. The van der Waals surface area contributed by atoms with E-state index >= 15 is 0 Å². The van der Waals surface area contributed by atoms with Gasteiger partial charge in [-0.1, -0.05) is 0 Å². The van der Waals surface area contributed by atoms with Crippen LogP contribution in [0.3, 0.4) is 0 Å². The highest BCUT2D eigenvalue weighted by atomic mass is 32.2. The van der Waals surface area contributed by atoms with Crippen LogP contribution in [0.5, 0.6) is 0 Å². The molecule has 0 aliphatic carbocycles. The first-order chi connectivity index (χ1) is 9.75. The number of likely N-dealkylation sites (N-methyl/N-ethyl adjacent to an activating group) is 1. The lowest BCUT2D eigenvalue weighted by Crippen LogP contribution is -2.35. The average Bonchev–Trinajstić information content (AvgIpc) is 2.55. The van der Waals surface area contributed by atoms with Gasteiger partial charge in [0.2, 0.25) is 10.0 Å². The molecule has 1 aromatic rings. The quantitative estimate of drug-likeness (QED) is 0.891. The largest absolute Gasteiger partial charge is 0.478 e. The van der Waals surface area contributed by atoms with Gasteiger partial charge in [0.1, 0.15) is 22.0 Å². The topological polar surface area (TPSA) is 91.1 Å². The van der Waals surface area contributed by atoms with Gasteiger partial charge in [-0.2, -0.15) is 4.31 Å². The summed E-state index contributed by atoms with van der Waals surface area (Å²) in [6.45, 7) is 5.12. The zero-order valence-electron chi connectivity index (χ0n) is 12.4. The summed E-state index contributed by atoms with van der Waals surface area (Å²) in [5.41, 5.74) is -0.259. The molecule has 0 radical (unpaired) electrons. The molecule has 8 heteroatoms. The minimum Gasteiger partial charge on any atom is -0.478 e. The molecule has 2 rings (SSSR count). The maximum Gasteiger partial charge on any atom is 0.340 e. The van der Waals surface area contributed by atoms with Crippen molar-refractivity contribution in [1.82, 2.24) is 9.21 Å². The van der Waals surface area contributed by atoms with E-state index in [0.29, 0.717) is 26.1 Å². The van der Waals surface area contributed by atoms with Gasteiger partial charge in [-0.15, -0.1) is 0 Å². The van der Waals surface area contributed by atoms with Gasteiger partial charge in [-0.05, 0) is 33.9 Å². The number of carbonyl (C=O) groups is 1. The summed E-state index contributed by atoms with van der Waals surface area (Å²) in [5.74, 6) is -1.04. The van der Waals surface area contributed by atoms with Crippen molar-refractivity contribution >= 4 is 16.0 Å². The first-order valence-corrected chi connectivity index (χ1v) is 8.21. The van der Waals surface area contributed by atoms with Crippen molar-refractivity contribution < 1.29 is 22.7 Å². The smallest absolute Gasteiger partial charge is 0.340 e. The lowest BCUT2D eigenvalue weighted by molar-refractivity contribution is 0.0691. The van der Waals surface area contributed by atoms with E-state index in [1.807, 2.05) is 7.05 Å². The summed E-state index contributed by atoms with van der Waals surface area (Å²) in [7, 11) is -1.93. The lowest BCUT2D eigenvalue weighted by atomic mass is 10.2. The fraction of sp³-hybridized carbons (Fsp3) is 0.615. The molecule has 1 N–H and O–H groups in total. The SMILES string of the molecule is Cc1oc(C)c(S(=O)(=O)N2CCCN(C)CC2)c1C(=O)O. The van der Waals surface area contributed by atoms with Crippen molar-refractivity contribution in [3.05, 3.63) is 17.1 Å². The van der Waals surface area contributed by atoms with Crippen LogP contribution >= 0.6 is 0 Å². The summed E-state index contributed by atoms with van der Waals surface area (Å²) >= 11 is 0. The third-order valence-corrected chi connectivity index (χ3v) is 5.75. The highest BCUT2D eigenvalue weighted by Crippen LogP contribution is 2.29. The van der Waals surface area contributed by atoms with Crippen LogP contribution < -0.4 is 0 Å². The van der Waals surface area contributed by atoms with Gasteiger partial charge in [0.25, 0.3) is 0 Å². The number of sulfonamides is 1. The molecule has 118 valence electrons. The molecule has 0 unspecified atom stereocenters. The van der Waals surface area contributed by atoms with E-state index in [9.17, 15) is 18.3 Å². The Morgan fingerprint density at radius 2 is 1.81 bits per heavy atom. The van der Waals surface area contributed by atoms with E-state index in [4.69, 9.17) is 4.42 Å². The van der Waals surface area contributed by atoms with Gasteiger partial charge in [-0.3, -0.25) is 0 Å². The van der Waals surface area contributed by atoms with Crippen LogP contribution in [0.25, 0.3) is 0 Å². The molecule has 1 saturated heterocycles. The van der Waals surface area contributed by atoms with E-state index in [1.54, 1.807) is 0 Å². The van der Waals surface area contributed by atoms with Crippen molar-refractivity contribution in [2.75, 3.05) is 33.2 Å². The molecule has 0 spiro atoms. The number of hydrogen-bond acceptors (Lipinski definition) is 5. The van der Waals surface area contributed by atoms with Crippen LogP contribution in [0, 0.1) is 13.8 Å². The van der Waals surface area contributed by atoms with Gasteiger partial charge in [0, 0.05) is 19.6 Å². The maximum atomic E-state index is 12.8. The van der Waals surface area contributed by atoms with Crippen molar-refractivity contribution in [2.24, 2.45) is 0 Å². The predicted molar refractivity (Wildman–Crippen MR) is 76.0 cm³/mol. The first kappa shape index (κ1) is 16.0. The summed E-state index contributed by atoms with van der Waals surface area (Å²) in [5, 5.41) is 9.27. The minimum absolute atomic E-state index is 0.116. The molecule has 1 aromatic heterocycles. The van der Waals surface area contributed by atoms with Crippen LogP contribution in [-0.2, 0) is 10.0 Å². The molecule has 0 bridgehead atoms. The number of hydrogen-bond donors (Lipinski definition) is 1. The van der Waals surface area contributed by atoms with Gasteiger partial charge >= 0.3 is 5.97 Å². The van der Waals surface area contributed by atoms with Gasteiger partial charge in [-0.25, -0.2) is 13.2 Å². The average molecular weight is 316 g/mol. The fourth-order valence-corrected chi connectivity index (χ4v) is 4.46. The Kier molecular flexibility index (Phi) is 4.40. The van der Waals surface area contributed by atoms with E-state index in [2.05, 4.69) is 4.90 Å². The third-order valence-electron chi connectivity index (χ3n) is 3.70. The Hall–Kier alpha value is -1.38. The Morgan fingerprint density at radius 3 is 2.43 bits per heavy atom. The Morgan fingerprint density at radius 1 is 1.14 bits per heavy atom. The van der Waals surface area contributed by atoms with Crippen LogP contribution in [0.1, 0.15) is 28.3 Å². The van der Waals surface area contributed by atoms with E-state index < -0.39 is 16.0 Å². The van der Waals surface area contributed by atoms with Gasteiger partial charge in [0.05, 0.1) is 0 Å². The molecule has 1 aliphatic heterocycles. The van der Waals surface area contributed by atoms with Crippen molar-refractivity contribution in [2.45, 2.75) is 25.2 Å². The standard InChI is InChI=1S/C13H20N2O5S/c1-9-11(13(16)17)12(10(2)20-9)21(18,19)15-6-4-5-14(3)7-8-15/h4-8H2,1-3H3,(H,16,17). The van der Waals surface area contributed by atoms with Gasteiger partial charge in [0.15, 0.2) is 0 Å². The highest BCUT2D eigenvalue weighted by molar-refractivity contribution is 7.89.